The number of benzene rings is 1. The highest BCUT2D eigenvalue weighted by Crippen LogP contribution is 2.26. The van der Waals surface area contributed by atoms with Gasteiger partial charge in [-0.1, -0.05) is 13.0 Å². The highest BCUT2D eigenvalue weighted by Gasteiger charge is 2.05. The molecule has 3 nitrogen and oxygen atoms in total. The summed E-state index contributed by atoms with van der Waals surface area (Å²) >= 11 is 0. The Morgan fingerprint density at radius 2 is 1.90 bits per heavy atom. The maximum Gasteiger partial charge on any atom is 0.150 e. The summed E-state index contributed by atoms with van der Waals surface area (Å²) in [6.45, 7) is 8.12. The number of pyridine rings is 1. The van der Waals surface area contributed by atoms with E-state index < -0.39 is 0 Å². The van der Waals surface area contributed by atoms with Crippen LogP contribution in [0.3, 0.4) is 0 Å². The molecule has 0 unspecified atom stereocenters. The minimum absolute atomic E-state index is 0.802. The van der Waals surface area contributed by atoms with Crippen molar-refractivity contribution >= 4 is 0 Å². The number of ether oxygens (including phenoxy) is 1. The molecule has 0 saturated heterocycles. The number of hydrogen-bond acceptors (Lipinski definition) is 3. The Bertz CT molecular complexity index is 546. The quantitative estimate of drug-likeness (QED) is 0.806. The van der Waals surface area contributed by atoms with E-state index in [-0.39, 0.29) is 0 Å². The molecule has 0 fully saturated rings. The summed E-state index contributed by atoms with van der Waals surface area (Å²) in [6.07, 6.45) is 4.70. The smallest absolute Gasteiger partial charge is 0.150 e. The standard InChI is InChI=1S/C17H22N2O/c1-4-6-18-11-15-5-7-19-12-17(15)20-16-9-13(2)8-14(3)10-16/h5,7-10,12,18H,4,6,11H2,1-3H3. The van der Waals surface area contributed by atoms with E-state index in [0.717, 1.165) is 36.6 Å². The molecular formula is C17H22N2O. The van der Waals surface area contributed by atoms with Crippen molar-refractivity contribution in [2.45, 2.75) is 33.7 Å². The van der Waals surface area contributed by atoms with E-state index in [1.807, 2.05) is 18.2 Å². The van der Waals surface area contributed by atoms with E-state index in [1.165, 1.54) is 11.1 Å². The summed E-state index contributed by atoms with van der Waals surface area (Å²) < 4.78 is 6.00. The van der Waals surface area contributed by atoms with Gasteiger partial charge in [-0.25, -0.2) is 0 Å². The number of nitrogens with zero attached hydrogens (tertiary/aromatic N) is 1. The fourth-order valence-corrected chi connectivity index (χ4v) is 2.17. The zero-order valence-electron chi connectivity index (χ0n) is 12.4. The van der Waals surface area contributed by atoms with Crippen LogP contribution in [0.4, 0.5) is 0 Å². The van der Waals surface area contributed by atoms with Crippen LogP contribution in [0.5, 0.6) is 11.5 Å². The zero-order chi connectivity index (χ0) is 14.4. The first-order chi connectivity index (χ1) is 9.69. The van der Waals surface area contributed by atoms with Gasteiger partial charge in [0.1, 0.15) is 11.5 Å². The van der Waals surface area contributed by atoms with Gasteiger partial charge in [-0.3, -0.25) is 4.98 Å². The lowest BCUT2D eigenvalue weighted by atomic mass is 10.1. The van der Waals surface area contributed by atoms with Gasteiger partial charge in [0.05, 0.1) is 6.20 Å². The van der Waals surface area contributed by atoms with E-state index in [9.17, 15) is 0 Å². The van der Waals surface area contributed by atoms with Crippen LogP contribution in [0, 0.1) is 13.8 Å². The van der Waals surface area contributed by atoms with Gasteiger partial charge in [0, 0.05) is 18.3 Å². The summed E-state index contributed by atoms with van der Waals surface area (Å²) in [6, 6.07) is 8.23. The molecule has 1 N–H and O–H groups in total. The van der Waals surface area contributed by atoms with Gasteiger partial charge in [-0.15, -0.1) is 0 Å². The van der Waals surface area contributed by atoms with Crippen LogP contribution in [0.25, 0.3) is 0 Å². The first-order valence-corrected chi connectivity index (χ1v) is 7.09. The van der Waals surface area contributed by atoms with Crippen LogP contribution in [0.2, 0.25) is 0 Å². The van der Waals surface area contributed by atoms with E-state index in [2.05, 4.69) is 37.1 Å². The van der Waals surface area contributed by atoms with Gasteiger partial charge in [-0.05, 0) is 56.1 Å². The monoisotopic (exact) mass is 270 g/mol. The van der Waals surface area contributed by atoms with Crippen molar-refractivity contribution < 1.29 is 4.74 Å². The second-order valence-electron chi connectivity index (χ2n) is 5.09. The van der Waals surface area contributed by atoms with Crippen LogP contribution in [0.15, 0.2) is 36.7 Å². The second-order valence-corrected chi connectivity index (χ2v) is 5.09. The molecule has 0 atom stereocenters. The van der Waals surface area contributed by atoms with Crippen molar-refractivity contribution in [1.82, 2.24) is 10.3 Å². The number of aryl methyl sites for hydroxylation is 2. The van der Waals surface area contributed by atoms with Crippen LogP contribution >= 0.6 is 0 Å². The molecule has 20 heavy (non-hydrogen) atoms. The van der Waals surface area contributed by atoms with Crippen LogP contribution in [0.1, 0.15) is 30.0 Å². The summed E-state index contributed by atoms with van der Waals surface area (Å²) in [5.74, 6) is 1.69. The maximum atomic E-state index is 6.00. The van der Waals surface area contributed by atoms with Crippen LogP contribution in [-0.4, -0.2) is 11.5 Å². The van der Waals surface area contributed by atoms with Gasteiger partial charge >= 0.3 is 0 Å². The highest BCUT2D eigenvalue weighted by molar-refractivity contribution is 5.39. The third kappa shape index (κ3) is 4.07. The third-order valence-corrected chi connectivity index (χ3v) is 3.04. The lowest BCUT2D eigenvalue weighted by molar-refractivity contribution is 0.469. The number of rotatable bonds is 6. The molecule has 3 heteroatoms. The maximum absolute atomic E-state index is 6.00. The first kappa shape index (κ1) is 14.5. The van der Waals surface area contributed by atoms with Gasteiger partial charge in [0.2, 0.25) is 0 Å². The third-order valence-electron chi connectivity index (χ3n) is 3.04. The fraction of sp³-hybridized carbons (Fsp3) is 0.353. The average molecular weight is 270 g/mol. The largest absolute Gasteiger partial charge is 0.455 e. The Hall–Kier alpha value is -1.87. The summed E-state index contributed by atoms with van der Waals surface area (Å²) in [7, 11) is 0. The van der Waals surface area contributed by atoms with Gasteiger partial charge in [0.15, 0.2) is 0 Å². The van der Waals surface area contributed by atoms with Gasteiger partial charge in [-0.2, -0.15) is 0 Å². The van der Waals surface area contributed by atoms with Crippen LogP contribution < -0.4 is 10.1 Å². The van der Waals surface area contributed by atoms with Crippen molar-refractivity contribution in [3.05, 3.63) is 53.3 Å². The molecule has 1 aromatic heterocycles. The molecule has 0 aliphatic carbocycles. The number of nitrogens with one attached hydrogen (secondary N) is 1. The van der Waals surface area contributed by atoms with Crippen molar-refractivity contribution in [3.63, 3.8) is 0 Å². The van der Waals surface area contributed by atoms with E-state index in [0.29, 0.717) is 0 Å². The molecule has 2 rings (SSSR count). The van der Waals surface area contributed by atoms with Crippen molar-refractivity contribution in [3.8, 4) is 11.5 Å². The van der Waals surface area contributed by atoms with E-state index >= 15 is 0 Å². The molecule has 0 amide bonds. The summed E-state index contributed by atoms with van der Waals surface area (Å²) in [4.78, 5) is 4.16. The number of hydrogen-bond donors (Lipinski definition) is 1. The van der Waals surface area contributed by atoms with Crippen molar-refractivity contribution in [2.75, 3.05) is 6.54 Å². The molecule has 0 spiro atoms. The molecule has 0 aliphatic heterocycles. The lowest BCUT2D eigenvalue weighted by Crippen LogP contribution is -2.14. The predicted molar refractivity (Wildman–Crippen MR) is 82.2 cm³/mol. The Kier molecular flexibility index (Phi) is 5.13. The van der Waals surface area contributed by atoms with Crippen molar-refractivity contribution in [2.24, 2.45) is 0 Å². The lowest BCUT2D eigenvalue weighted by Gasteiger charge is -2.12. The van der Waals surface area contributed by atoms with Crippen molar-refractivity contribution in [1.29, 1.82) is 0 Å². The molecular weight excluding hydrogens is 248 g/mol. The molecule has 1 aromatic carbocycles. The fourth-order valence-electron chi connectivity index (χ4n) is 2.17. The molecule has 0 bridgehead atoms. The Labute approximate surface area is 121 Å². The second kappa shape index (κ2) is 7.06. The van der Waals surface area contributed by atoms with Crippen LogP contribution in [-0.2, 0) is 6.54 Å². The predicted octanol–water partition coefficient (Wildman–Crippen LogP) is 3.99. The summed E-state index contributed by atoms with van der Waals surface area (Å²) in [5, 5.41) is 3.39. The molecule has 106 valence electrons. The minimum Gasteiger partial charge on any atom is -0.455 e. The first-order valence-electron chi connectivity index (χ1n) is 7.09. The molecule has 0 radical (unpaired) electrons. The SMILES string of the molecule is CCCNCc1ccncc1Oc1cc(C)cc(C)c1. The normalized spacial score (nSPS) is 10.6. The number of aromatic nitrogens is 1. The Balaban J connectivity index is 2.15. The van der Waals surface area contributed by atoms with Gasteiger partial charge in [0.25, 0.3) is 0 Å². The van der Waals surface area contributed by atoms with E-state index in [4.69, 9.17) is 4.74 Å². The molecule has 0 aliphatic rings. The summed E-state index contributed by atoms with van der Waals surface area (Å²) in [5.41, 5.74) is 3.54. The average Bonchev–Trinajstić information content (AvgIpc) is 2.40. The topological polar surface area (TPSA) is 34.2 Å². The highest BCUT2D eigenvalue weighted by atomic mass is 16.5. The van der Waals surface area contributed by atoms with Gasteiger partial charge < -0.3 is 10.1 Å². The minimum atomic E-state index is 0.802. The molecule has 2 aromatic rings. The van der Waals surface area contributed by atoms with E-state index in [1.54, 1.807) is 12.4 Å². The molecule has 1 heterocycles. The Morgan fingerprint density at radius 3 is 2.60 bits per heavy atom. The molecule has 0 saturated carbocycles. The Morgan fingerprint density at radius 1 is 1.15 bits per heavy atom. The zero-order valence-corrected chi connectivity index (χ0v) is 12.4.